The number of carbonyl (C=O) groups is 1. The van der Waals surface area contributed by atoms with Gasteiger partial charge in [-0.25, -0.2) is 4.79 Å². The van der Waals surface area contributed by atoms with Crippen molar-refractivity contribution in [2.75, 3.05) is 0 Å². The summed E-state index contributed by atoms with van der Waals surface area (Å²) in [6.45, 7) is 0. The van der Waals surface area contributed by atoms with Crippen molar-refractivity contribution in [2.24, 2.45) is 0 Å². The largest absolute Gasteiger partial charge is 0.475 e. The minimum absolute atomic E-state index is 0.0415. The van der Waals surface area contributed by atoms with Crippen LogP contribution in [0, 0.1) is 10.1 Å². The van der Waals surface area contributed by atoms with Gasteiger partial charge in [0.2, 0.25) is 5.76 Å². The molecule has 0 fully saturated rings. The molecule has 19 heavy (non-hydrogen) atoms. The van der Waals surface area contributed by atoms with Crippen LogP contribution < -0.4 is 5.43 Å². The SMILES string of the molecule is O=C(O)c1cc(=O)cc(-c2ccc([N+](=O)[O-])cc2)o1. The second-order valence-corrected chi connectivity index (χ2v) is 3.63. The number of rotatable bonds is 3. The number of carboxylic acids is 1. The third-order valence-electron chi connectivity index (χ3n) is 2.34. The lowest BCUT2D eigenvalue weighted by Crippen LogP contribution is -2.05. The Morgan fingerprint density at radius 1 is 1.21 bits per heavy atom. The van der Waals surface area contributed by atoms with E-state index in [1.165, 1.54) is 24.3 Å². The number of nitro groups is 1. The maximum atomic E-state index is 11.3. The van der Waals surface area contributed by atoms with Crippen molar-refractivity contribution in [3.63, 3.8) is 0 Å². The van der Waals surface area contributed by atoms with Crippen LogP contribution in [0.15, 0.2) is 45.6 Å². The summed E-state index contributed by atoms with van der Waals surface area (Å²) in [4.78, 5) is 32.0. The number of hydrogen-bond donors (Lipinski definition) is 1. The number of carboxylic acid groups (broad SMARTS) is 1. The second kappa shape index (κ2) is 4.73. The third kappa shape index (κ3) is 2.65. The van der Waals surface area contributed by atoms with E-state index in [0.717, 1.165) is 12.1 Å². The predicted molar refractivity (Wildman–Crippen MR) is 64.0 cm³/mol. The first-order chi connectivity index (χ1) is 8.97. The van der Waals surface area contributed by atoms with Gasteiger partial charge in [0.1, 0.15) is 5.76 Å². The Hall–Kier alpha value is -2.96. The maximum Gasteiger partial charge on any atom is 0.371 e. The van der Waals surface area contributed by atoms with E-state index in [1.54, 1.807) is 0 Å². The van der Waals surface area contributed by atoms with Crippen molar-refractivity contribution in [1.29, 1.82) is 0 Å². The highest BCUT2D eigenvalue weighted by atomic mass is 16.6. The van der Waals surface area contributed by atoms with Crippen LogP contribution in [0.3, 0.4) is 0 Å². The normalized spacial score (nSPS) is 10.1. The molecular weight excluding hydrogens is 254 g/mol. The molecule has 0 aliphatic heterocycles. The van der Waals surface area contributed by atoms with Crippen LogP contribution in [0.25, 0.3) is 11.3 Å². The van der Waals surface area contributed by atoms with Gasteiger partial charge < -0.3 is 9.52 Å². The van der Waals surface area contributed by atoms with Gasteiger partial charge in [0.15, 0.2) is 5.43 Å². The lowest BCUT2D eigenvalue weighted by atomic mass is 10.1. The molecule has 0 unspecified atom stereocenters. The van der Waals surface area contributed by atoms with Crippen molar-refractivity contribution in [3.05, 3.63) is 62.5 Å². The number of non-ortho nitro benzene ring substituents is 1. The summed E-state index contributed by atoms with van der Waals surface area (Å²) in [7, 11) is 0. The smallest absolute Gasteiger partial charge is 0.371 e. The maximum absolute atomic E-state index is 11.3. The molecular formula is C12H7NO6. The lowest BCUT2D eigenvalue weighted by molar-refractivity contribution is -0.384. The van der Waals surface area contributed by atoms with Crippen LogP contribution in [0.4, 0.5) is 5.69 Å². The zero-order valence-corrected chi connectivity index (χ0v) is 9.40. The molecule has 1 aromatic carbocycles. The molecule has 96 valence electrons. The average molecular weight is 261 g/mol. The number of hydrogen-bond acceptors (Lipinski definition) is 5. The molecule has 0 atom stereocenters. The van der Waals surface area contributed by atoms with E-state index >= 15 is 0 Å². The highest BCUT2D eigenvalue weighted by molar-refractivity contribution is 5.84. The summed E-state index contributed by atoms with van der Waals surface area (Å²) < 4.78 is 5.04. The van der Waals surface area contributed by atoms with Gasteiger partial charge in [-0.2, -0.15) is 0 Å². The van der Waals surface area contributed by atoms with E-state index in [0.29, 0.717) is 5.56 Å². The highest BCUT2D eigenvalue weighted by Gasteiger charge is 2.11. The van der Waals surface area contributed by atoms with Gasteiger partial charge in [0, 0.05) is 29.8 Å². The Balaban J connectivity index is 2.49. The van der Waals surface area contributed by atoms with Crippen molar-refractivity contribution in [2.45, 2.75) is 0 Å². The molecule has 0 saturated heterocycles. The van der Waals surface area contributed by atoms with Crippen LogP contribution in [-0.4, -0.2) is 16.0 Å². The molecule has 0 radical (unpaired) electrons. The third-order valence-corrected chi connectivity index (χ3v) is 2.34. The molecule has 0 aliphatic rings. The van der Waals surface area contributed by atoms with Gasteiger partial charge >= 0.3 is 5.97 Å². The van der Waals surface area contributed by atoms with Gasteiger partial charge in [-0.1, -0.05) is 0 Å². The molecule has 7 heteroatoms. The van der Waals surface area contributed by atoms with E-state index in [4.69, 9.17) is 9.52 Å². The van der Waals surface area contributed by atoms with Crippen LogP contribution in [-0.2, 0) is 0 Å². The molecule has 0 saturated carbocycles. The fraction of sp³-hybridized carbons (Fsp3) is 0. The number of nitrogens with zero attached hydrogens (tertiary/aromatic N) is 1. The fourth-order valence-corrected chi connectivity index (χ4v) is 1.47. The van der Waals surface area contributed by atoms with E-state index in [9.17, 15) is 19.7 Å². The summed E-state index contributed by atoms with van der Waals surface area (Å²) in [5, 5.41) is 19.3. The Labute approximate surface area is 105 Å². The Kier molecular flexibility index (Phi) is 3.11. The monoisotopic (exact) mass is 261 g/mol. The van der Waals surface area contributed by atoms with Gasteiger partial charge in [-0.05, 0) is 12.1 Å². The second-order valence-electron chi connectivity index (χ2n) is 3.63. The van der Waals surface area contributed by atoms with Crippen LogP contribution in [0.2, 0.25) is 0 Å². The zero-order valence-electron chi connectivity index (χ0n) is 9.40. The van der Waals surface area contributed by atoms with Crippen molar-refractivity contribution in [1.82, 2.24) is 0 Å². The number of nitro benzene ring substituents is 1. The Bertz CT molecular complexity index is 701. The van der Waals surface area contributed by atoms with Gasteiger partial charge in [0.05, 0.1) is 4.92 Å². The fourth-order valence-electron chi connectivity index (χ4n) is 1.47. The van der Waals surface area contributed by atoms with Crippen LogP contribution >= 0.6 is 0 Å². The van der Waals surface area contributed by atoms with Gasteiger partial charge in [-0.15, -0.1) is 0 Å². The molecule has 7 nitrogen and oxygen atoms in total. The van der Waals surface area contributed by atoms with E-state index < -0.39 is 22.1 Å². The number of aromatic carboxylic acids is 1. The summed E-state index contributed by atoms with van der Waals surface area (Å²) >= 11 is 0. The Morgan fingerprint density at radius 2 is 1.84 bits per heavy atom. The minimum atomic E-state index is -1.36. The first-order valence-electron chi connectivity index (χ1n) is 5.10. The first-order valence-corrected chi connectivity index (χ1v) is 5.10. The quantitative estimate of drug-likeness (QED) is 0.667. The van der Waals surface area contributed by atoms with Gasteiger partial charge in [-0.3, -0.25) is 14.9 Å². The molecule has 1 heterocycles. The lowest BCUT2D eigenvalue weighted by Gasteiger charge is -2.01. The van der Waals surface area contributed by atoms with E-state index in [2.05, 4.69) is 0 Å². The average Bonchev–Trinajstić information content (AvgIpc) is 2.38. The summed E-state index contributed by atoms with van der Waals surface area (Å²) in [5.41, 5.74) is -0.247. The Morgan fingerprint density at radius 3 is 2.37 bits per heavy atom. The predicted octanol–water partition coefficient (Wildman–Crippen LogP) is 1.91. The number of benzene rings is 1. The molecule has 2 aromatic rings. The summed E-state index contributed by atoms with van der Waals surface area (Å²) in [5.74, 6) is -1.80. The van der Waals surface area contributed by atoms with E-state index in [1.807, 2.05) is 0 Å². The van der Waals surface area contributed by atoms with Crippen LogP contribution in [0.1, 0.15) is 10.6 Å². The highest BCUT2D eigenvalue weighted by Crippen LogP contribution is 2.22. The van der Waals surface area contributed by atoms with Crippen molar-refractivity contribution in [3.8, 4) is 11.3 Å². The standard InChI is InChI=1S/C12H7NO6/c14-9-5-10(19-11(6-9)12(15)16)7-1-3-8(4-2-7)13(17)18/h1-6H,(H,15,16). The zero-order chi connectivity index (χ0) is 14.0. The molecule has 0 spiro atoms. The molecule has 2 rings (SSSR count). The first kappa shape index (κ1) is 12.5. The summed E-state index contributed by atoms with van der Waals surface area (Å²) in [6.07, 6.45) is 0. The molecule has 0 amide bonds. The van der Waals surface area contributed by atoms with Crippen molar-refractivity contribution < 1.29 is 19.2 Å². The minimum Gasteiger partial charge on any atom is -0.475 e. The topological polar surface area (TPSA) is 111 Å². The molecule has 1 aromatic heterocycles. The van der Waals surface area contributed by atoms with E-state index in [-0.39, 0.29) is 11.4 Å². The summed E-state index contributed by atoms with van der Waals surface area (Å²) in [6, 6.07) is 7.21. The van der Waals surface area contributed by atoms with Gasteiger partial charge in [0.25, 0.3) is 5.69 Å². The van der Waals surface area contributed by atoms with Crippen LogP contribution in [0.5, 0.6) is 0 Å². The molecule has 1 N–H and O–H groups in total. The van der Waals surface area contributed by atoms with Crippen molar-refractivity contribution >= 4 is 11.7 Å². The molecule has 0 bridgehead atoms. The molecule has 0 aliphatic carbocycles.